The molecule has 2 aromatic rings. The lowest BCUT2D eigenvalue weighted by molar-refractivity contribution is -0.133. The lowest BCUT2D eigenvalue weighted by atomic mass is 9.90. The summed E-state index contributed by atoms with van der Waals surface area (Å²) in [6.45, 7) is 4.79. The molecule has 6 heteroatoms. The molecule has 132 valence electrons. The van der Waals surface area contributed by atoms with Crippen LogP contribution in [0.5, 0.6) is 5.75 Å². The lowest BCUT2D eigenvalue weighted by Gasteiger charge is -2.35. The van der Waals surface area contributed by atoms with E-state index in [0.29, 0.717) is 13.0 Å². The Morgan fingerprint density at radius 2 is 2.00 bits per heavy atom. The second kappa shape index (κ2) is 7.27. The van der Waals surface area contributed by atoms with E-state index in [-0.39, 0.29) is 11.8 Å². The number of carbonyl (C=O) groups is 1. The number of carbonyl (C=O) groups excluding carboxylic acids is 1. The zero-order valence-electron chi connectivity index (χ0n) is 14.3. The summed E-state index contributed by atoms with van der Waals surface area (Å²) in [6.07, 6.45) is 3.08. The van der Waals surface area contributed by atoms with Gasteiger partial charge in [0.1, 0.15) is 12.0 Å². The van der Waals surface area contributed by atoms with Crippen LogP contribution >= 0.6 is 0 Å². The van der Waals surface area contributed by atoms with Gasteiger partial charge in [-0.2, -0.15) is 0 Å². The van der Waals surface area contributed by atoms with Crippen molar-refractivity contribution in [3.05, 3.63) is 47.9 Å². The van der Waals surface area contributed by atoms with Crippen molar-refractivity contribution in [2.75, 3.05) is 32.8 Å². The van der Waals surface area contributed by atoms with Gasteiger partial charge in [-0.1, -0.05) is 23.4 Å². The van der Waals surface area contributed by atoms with E-state index in [1.807, 2.05) is 29.2 Å². The SMILES string of the molecule is O=C(C[C@H]1CCOc2ccccc21)N1CCN(Cc2ccon2)CC1. The molecule has 1 aromatic heterocycles. The third kappa shape index (κ3) is 3.69. The number of nitrogens with zero attached hydrogens (tertiary/aromatic N) is 3. The van der Waals surface area contributed by atoms with Crippen LogP contribution in [0.4, 0.5) is 0 Å². The molecule has 0 spiro atoms. The number of benzene rings is 1. The molecular formula is C19H23N3O3. The number of hydrogen-bond acceptors (Lipinski definition) is 5. The molecule has 1 amide bonds. The molecule has 0 saturated carbocycles. The Bertz CT molecular complexity index is 708. The third-order valence-electron chi connectivity index (χ3n) is 5.11. The van der Waals surface area contributed by atoms with Gasteiger partial charge < -0.3 is 14.2 Å². The fraction of sp³-hybridized carbons (Fsp3) is 0.474. The van der Waals surface area contributed by atoms with Gasteiger partial charge in [0, 0.05) is 45.2 Å². The van der Waals surface area contributed by atoms with E-state index in [1.165, 1.54) is 5.56 Å². The van der Waals surface area contributed by atoms with Crippen LogP contribution in [0.1, 0.15) is 30.0 Å². The van der Waals surface area contributed by atoms with Gasteiger partial charge >= 0.3 is 0 Å². The third-order valence-corrected chi connectivity index (χ3v) is 5.11. The van der Waals surface area contributed by atoms with Gasteiger partial charge in [0.15, 0.2) is 0 Å². The molecule has 2 aliphatic rings. The maximum Gasteiger partial charge on any atom is 0.223 e. The molecule has 25 heavy (non-hydrogen) atoms. The zero-order chi connectivity index (χ0) is 17.1. The van der Waals surface area contributed by atoms with E-state index < -0.39 is 0 Å². The molecule has 3 heterocycles. The summed E-state index contributed by atoms with van der Waals surface area (Å²) in [4.78, 5) is 17.0. The number of fused-ring (bicyclic) bond motifs is 1. The Hall–Kier alpha value is -2.34. The predicted molar refractivity (Wildman–Crippen MR) is 92.3 cm³/mol. The maximum absolute atomic E-state index is 12.7. The average molecular weight is 341 g/mol. The first-order chi connectivity index (χ1) is 12.3. The van der Waals surface area contributed by atoms with Crippen molar-refractivity contribution in [2.45, 2.75) is 25.3 Å². The zero-order valence-corrected chi connectivity index (χ0v) is 14.3. The van der Waals surface area contributed by atoms with Gasteiger partial charge in [-0.3, -0.25) is 9.69 Å². The van der Waals surface area contributed by atoms with Gasteiger partial charge in [-0.25, -0.2) is 0 Å². The van der Waals surface area contributed by atoms with E-state index in [9.17, 15) is 4.79 Å². The number of para-hydroxylation sites is 1. The highest BCUT2D eigenvalue weighted by molar-refractivity contribution is 5.77. The number of piperazine rings is 1. The summed E-state index contributed by atoms with van der Waals surface area (Å²) in [5, 5.41) is 3.95. The Balaban J connectivity index is 1.31. The van der Waals surface area contributed by atoms with Crippen LogP contribution in [0.3, 0.4) is 0 Å². The van der Waals surface area contributed by atoms with Crippen molar-refractivity contribution in [3.63, 3.8) is 0 Å². The minimum Gasteiger partial charge on any atom is -0.493 e. The van der Waals surface area contributed by atoms with Crippen molar-refractivity contribution in [1.82, 2.24) is 15.0 Å². The Kier molecular flexibility index (Phi) is 4.70. The molecule has 2 aliphatic heterocycles. The number of ether oxygens (including phenoxy) is 1. The van der Waals surface area contributed by atoms with Crippen molar-refractivity contribution < 1.29 is 14.1 Å². The predicted octanol–water partition coefficient (Wildman–Crippen LogP) is 2.28. The van der Waals surface area contributed by atoms with Crippen LogP contribution < -0.4 is 4.74 Å². The van der Waals surface area contributed by atoms with Gasteiger partial charge in [-0.05, 0) is 24.0 Å². The van der Waals surface area contributed by atoms with Crippen LogP contribution in [-0.4, -0.2) is 53.6 Å². The first-order valence-electron chi connectivity index (χ1n) is 8.91. The molecule has 4 rings (SSSR count). The highest BCUT2D eigenvalue weighted by Crippen LogP contribution is 2.35. The molecule has 1 atom stereocenters. The van der Waals surface area contributed by atoms with Crippen molar-refractivity contribution in [2.24, 2.45) is 0 Å². The number of aromatic nitrogens is 1. The van der Waals surface area contributed by atoms with Crippen molar-refractivity contribution >= 4 is 5.91 Å². The van der Waals surface area contributed by atoms with E-state index in [4.69, 9.17) is 9.26 Å². The van der Waals surface area contributed by atoms with Crippen molar-refractivity contribution in [1.29, 1.82) is 0 Å². The topological polar surface area (TPSA) is 58.8 Å². The van der Waals surface area contributed by atoms with E-state index >= 15 is 0 Å². The second-order valence-electron chi connectivity index (χ2n) is 6.72. The highest BCUT2D eigenvalue weighted by Gasteiger charge is 2.27. The monoisotopic (exact) mass is 341 g/mol. The Labute approximate surface area is 147 Å². The standard InChI is InChI=1S/C19H23N3O3/c23-19(13-15-5-11-24-18-4-2-1-3-17(15)18)22-9-7-21(8-10-22)14-16-6-12-25-20-16/h1-4,6,12,15H,5,7-11,13-14H2/t15-/m1/s1. The summed E-state index contributed by atoms with van der Waals surface area (Å²) in [5.41, 5.74) is 2.12. The minimum absolute atomic E-state index is 0.253. The summed E-state index contributed by atoms with van der Waals surface area (Å²) in [5.74, 6) is 1.46. The van der Waals surface area contributed by atoms with Crippen LogP contribution in [-0.2, 0) is 11.3 Å². The summed E-state index contributed by atoms with van der Waals surface area (Å²) >= 11 is 0. The summed E-state index contributed by atoms with van der Waals surface area (Å²) in [6, 6.07) is 9.97. The van der Waals surface area contributed by atoms with Crippen LogP contribution in [0.25, 0.3) is 0 Å². The van der Waals surface area contributed by atoms with E-state index in [0.717, 1.165) is 50.6 Å². The Morgan fingerprint density at radius 1 is 1.16 bits per heavy atom. The first kappa shape index (κ1) is 16.1. The van der Waals surface area contributed by atoms with Crippen LogP contribution in [0, 0.1) is 0 Å². The van der Waals surface area contributed by atoms with Gasteiger partial charge in [0.25, 0.3) is 0 Å². The molecule has 6 nitrogen and oxygen atoms in total. The van der Waals surface area contributed by atoms with Gasteiger partial charge in [0.2, 0.25) is 5.91 Å². The van der Waals surface area contributed by atoms with Gasteiger partial charge in [-0.15, -0.1) is 0 Å². The summed E-state index contributed by atoms with van der Waals surface area (Å²) < 4.78 is 10.6. The largest absolute Gasteiger partial charge is 0.493 e. The molecule has 0 aliphatic carbocycles. The molecular weight excluding hydrogens is 318 g/mol. The normalized spacial score (nSPS) is 20.8. The number of rotatable bonds is 4. The summed E-state index contributed by atoms with van der Waals surface area (Å²) in [7, 11) is 0. The molecule has 1 fully saturated rings. The van der Waals surface area contributed by atoms with Crippen molar-refractivity contribution in [3.8, 4) is 5.75 Å². The molecule has 0 unspecified atom stereocenters. The number of amides is 1. The Morgan fingerprint density at radius 3 is 2.80 bits per heavy atom. The fourth-order valence-electron chi connectivity index (χ4n) is 3.67. The smallest absolute Gasteiger partial charge is 0.223 e. The lowest BCUT2D eigenvalue weighted by Crippen LogP contribution is -2.48. The van der Waals surface area contributed by atoms with Crippen LogP contribution in [0.15, 0.2) is 41.1 Å². The highest BCUT2D eigenvalue weighted by atomic mass is 16.5. The number of hydrogen-bond donors (Lipinski definition) is 0. The molecule has 1 aromatic carbocycles. The molecule has 0 bridgehead atoms. The fourth-order valence-corrected chi connectivity index (χ4v) is 3.67. The maximum atomic E-state index is 12.7. The first-order valence-corrected chi connectivity index (χ1v) is 8.91. The van der Waals surface area contributed by atoms with Gasteiger partial charge in [0.05, 0.1) is 12.3 Å². The minimum atomic E-state index is 0.253. The quantitative estimate of drug-likeness (QED) is 0.854. The molecule has 1 saturated heterocycles. The molecule has 0 radical (unpaired) electrons. The van der Waals surface area contributed by atoms with E-state index in [1.54, 1.807) is 6.26 Å². The molecule has 0 N–H and O–H groups in total. The average Bonchev–Trinajstić information content (AvgIpc) is 3.16. The second-order valence-corrected chi connectivity index (χ2v) is 6.72. The van der Waals surface area contributed by atoms with E-state index in [2.05, 4.69) is 16.1 Å². The van der Waals surface area contributed by atoms with Crippen LogP contribution in [0.2, 0.25) is 0 Å².